The molecule has 0 radical (unpaired) electrons. The molecule has 2 aromatic rings. The molecule has 0 aliphatic heterocycles. The Bertz CT molecular complexity index is 403. The maximum atomic E-state index is 8.98. The molecule has 6 heteroatoms. The van der Waals surface area contributed by atoms with Gasteiger partial charge in [-0.2, -0.15) is 4.98 Å². The zero-order chi connectivity index (χ0) is 9.80. The Balaban J connectivity index is 1.95. The molecule has 2 N–H and O–H groups in total. The van der Waals surface area contributed by atoms with Crippen molar-refractivity contribution in [2.45, 2.75) is 6.54 Å². The van der Waals surface area contributed by atoms with Crippen molar-refractivity contribution in [1.82, 2.24) is 15.0 Å². The Morgan fingerprint density at radius 1 is 1.36 bits per heavy atom. The topological polar surface area (TPSA) is 70.9 Å². The monoisotopic (exact) mass is 208 g/mol. The van der Waals surface area contributed by atoms with Crippen molar-refractivity contribution in [3.05, 3.63) is 29.7 Å². The van der Waals surface area contributed by atoms with E-state index in [0.717, 1.165) is 5.56 Å². The van der Waals surface area contributed by atoms with Crippen LogP contribution < -0.4 is 5.32 Å². The van der Waals surface area contributed by atoms with Crippen LogP contribution in [0.15, 0.2) is 24.1 Å². The molecule has 0 aromatic carbocycles. The minimum Gasteiger partial charge on any atom is -0.493 e. The summed E-state index contributed by atoms with van der Waals surface area (Å²) >= 11 is 1.36. The van der Waals surface area contributed by atoms with Gasteiger partial charge in [0.25, 0.3) is 0 Å². The van der Waals surface area contributed by atoms with E-state index in [9.17, 15) is 0 Å². The fourth-order valence-corrected chi connectivity index (χ4v) is 1.52. The maximum Gasteiger partial charge on any atom is 0.223 e. The number of hydrogen-bond acceptors (Lipinski definition) is 6. The van der Waals surface area contributed by atoms with Gasteiger partial charge in [0.1, 0.15) is 6.33 Å². The first-order valence-electron chi connectivity index (χ1n) is 3.97. The fraction of sp³-hybridized carbons (Fsp3) is 0.125. The van der Waals surface area contributed by atoms with Crippen molar-refractivity contribution in [2.24, 2.45) is 0 Å². The van der Waals surface area contributed by atoms with Crippen LogP contribution in [0.25, 0.3) is 0 Å². The van der Waals surface area contributed by atoms with Gasteiger partial charge >= 0.3 is 0 Å². The van der Waals surface area contributed by atoms with E-state index in [1.165, 1.54) is 17.7 Å². The summed E-state index contributed by atoms with van der Waals surface area (Å²) in [5.41, 5.74) is 0.974. The molecule has 0 unspecified atom stereocenters. The molecule has 0 amide bonds. The third-order valence-corrected chi connectivity index (χ3v) is 2.34. The smallest absolute Gasteiger partial charge is 0.223 e. The highest BCUT2D eigenvalue weighted by Gasteiger charge is 1.99. The van der Waals surface area contributed by atoms with Gasteiger partial charge in [0, 0.05) is 24.5 Å². The number of aromatic nitrogens is 3. The van der Waals surface area contributed by atoms with Crippen molar-refractivity contribution in [1.29, 1.82) is 0 Å². The largest absolute Gasteiger partial charge is 0.493 e. The number of aromatic hydroxyl groups is 1. The van der Waals surface area contributed by atoms with E-state index in [4.69, 9.17) is 5.11 Å². The molecule has 0 aliphatic rings. The Morgan fingerprint density at radius 3 is 2.79 bits per heavy atom. The van der Waals surface area contributed by atoms with E-state index in [-0.39, 0.29) is 5.88 Å². The number of thiazole rings is 1. The van der Waals surface area contributed by atoms with Crippen molar-refractivity contribution < 1.29 is 5.11 Å². The first-order valence-corrected chi connectivity index (χ1v) is 4.85. The Labute approximate surface area is 84.5 Å². The van der Waals surface area contributed by atoms with Gasteiger partial charge in [-0.15, -0.1) is 11.3 Å². The van der Waals surface area contributed by atoms with E-state index in [0.29, 0.717) is 11.7 Å². The minimum atomic E-state index is 0.0433. The molecule has 14 heavy (non-hydrogen) atoms. The number of nitrogens with zero attached hydrogens (tertiary/aromatic N) is 3. The van der Waals surface area contributed by atoms with Gasteiger partial charge in [0.15, 0.2) is 5.13 Å². The molecule has 2 heterocycles. The summed E-state index contributed by atoms with van der Waals surface area (Å²) in [4.78, 5) is 11.6. The molecule has 0 spiro atoms. The highest BCUT2D eigenvalue weighted by molar-refractivity contribution is 7.13. The van der Waals surface area contributed by atoms with Crippen LogP contribution in [0.5, 0.6) is 5.88 Å². The molecular weight excluding hydrogens is 200 g/mol. The summed E-state index contributed by atoms with van der Waals surface area (Å²) in [6.45, 7) is 0.605. The summed E-state index contributed by atoms with van der Waals surface area (Å²) in [7, 11) is 0. The van der Waals surface area contributed by atoms with E-state index in [1.807, 2.05) is 0 Å². The van der Waals surface area contributed by atoms with Crippen LogP contribution in [-0.4, -0.2) is 20.1 Å². The maximum absolute atomic E-state index is 8.98. The summed E-state index contributed by atoms with van der Waals surface area (Å²) in [5.74, 6) is 0.0433. The highest BCUT2D eigenvalue weighted by Crippen LogP contribution is 2.19. The van der Waals surface area contributed by atoms with Gasteiger partial charge in [-0.25, -0.2) is 9.97 Å². The molecule has 0 atom stereocenters. The van der Waals surface area contributed by atoms with Crippen molar-refractivity contribution in [2.75, 3.05) is 5.32 Å². The first kappa shape index (κ1) is 8.89. The summed E-state index contributed by atoms with van der Waals surface area (Å²) in [5, 5.41) is 14.3. The highest BCUT2D eigenvalue weighted by atomic mass is 32.1. The average Bonchev–Trinajstić information content (AvgIpc) is 2.63. The van der Waals surface area contributed by atoms with Crippen LogP contribution in [0.3, 0.4) is 0 Å². The molecule has 2 aromatic heterocycles. The van der Waals surface area contributed by atoms with E-state index in [2.05, 4.69) is 20.3 Å². The predicted molar refractivity (Wildman–Crippen MR) is 53.1 cm³/mol. The Morgan fingerprint density at radius 2 is 2.14 bits per heavy atom. The zero-order valence-corrected chi connectivity index (χ0v) is 8.03. The number of nitrogens with one attached hydrogen (secondary N) is 1. The molecule has 0 aliphatic carbocycles. The number of hydrogen-bond donors (Lipinski definition) is 2. The average molecular weight is 208 g/mol. The van der Waals surface area contributed by atoms with Crippen molar-refractivity contribution in [3.8, 4) is 5.88 Å². The van der Waals surface area contributed by atoms with E-state index in [1.54, 1.807) is 17.8 Å². The van der Waals surface area contributed by atoms with Gasteiger partial charge in [-0.1, -0.05) is 0 Å². The van der Waals surface area contributed by atoms with Gasteiger partial charge in [0.05, 0.1) is 5.38 Å². The third-order valence-electron chi connectivity index (χ3n) is 1.55. The van der Waals surface area contributed by atoms with Crippen molar-refractivity contribution in [3.63, 3.8) is 0 Å². The fourth-order valence-electron chi connectivity index (χ4n) is 0.945. The Kier molecular flexibility index (Phi) is 2.55. The second-order valence-electron chi connectivity index (χ2n) is 2.61. The number of rotatable bonds is 3. The standard InChI is InChI=1S/C8H8N4OS/c13-7-4-14-8(12-7)11-3-6-1-9-5-10-2-6/h1-2,4-5,13H,3H2,(H,11,12). The van der Waals surface area contributed by atoms with Crippen LogP contribution >= 0.6 is 11.3 Å². The lowest BCUT2D eigenvalue weighted by molar-refractivity contribution is 0.458. The molecule has 0 fully saturated rings. The lowest BCUT2D eigenvalue weighted by Gasteiger charge is -2.00. The van der Waals surface area contributed by atoms with Gasteiger partial charge in [-0.05, 0) is 0 Å². The number of anilines is 1. The van der Waals surface area contributed by atoms with Crippen LogP contribution in [-0.2, 0) is 6.54 Å². The summed E-state index contributed by atoms with van der Waals surface area (Å²) in [6, 6.07) is 0. The van der Waals surface area contributed by atoms with Gasteiger partial charge < -0.3 is 10.4 Å². The third kappa shape index (κ3) is 2.17. The van der Waals surface area contributed by atoms with Gasteiger partial charge in [-0.3, -0.25) is 0 Å². The van der Waals surface area contributed by atoms with Gasteiger partial charge in [0.2, 0.25) is 5.88 Å². The van der Waals surface area contributed by atoms with Crippen LogP contribution in [0.2, 0.25) is 0 Å². The zero-order valence-electron chi connectivity index (χ0n) is 7.21. The van der Waals surface area contributed by atoms with Crippen LogP contribution in [0, 0.1) is 0 Å². The van der Waals surface area contributed by atoms with E-state index < -0.39 is 0 Å². The lowest BCUT2D eigenvalue weighted by atomic mass is 10.3. The second-order valence-corrected chi connectivity index (χ2v) is 3.47. The lowest BCUT2D eigenvalue weighted by Crippen LogP contribution is -1.99. The summed E-state index contributed by atoms with van der Waals surface area (Å²) in [6.07, 6.45) is 4.94. The molecule has 72 valence electrons. The normalized spacial score (nSPS) is 10.0. The molecular formula is C8H8N4OS. The Hall–Kier alpha value is -1.69. The van der Waals surface area contributed by atoms with Crippen LogP contribution in [0.4, 0.5) is 5.13 Å². The molecule has 0 saturated heterocycles. The first-order chi connectivity index (χ1) is 6.84. The van der Waals surface area contributed by atoms with E-state index >= 15 is 0 Å². The predicted octanol–water partition coefficient (Wildman–Crippen LogP) is 1.25. The molecule has 0 saturated carbocycles. The quantitative estimate of drug-likeness (QED) is 0.794. The molecule has 5 nitrogen and oxygen atoms in total. The minimum absolute atomic E-state index is 0.0433. The van der Waals surface area contributed by atoms with Crippen LogP contribution in [0.1, 0.15) is 5.56 Å². The summed E-state index contributed by atoms with van der Waals surface area (Å²) < 4.78 is 0. The van der Waals surface area contributed by atoms with Crippen molar-refractivity contribution >= 4 is 16.5 Å². The molecule has 0 bridgehead atoms. The molecule has 2 rings (SSSR count). The second kappa shape index (κ2) is 4.01. The SMILES string of the molecule is Oc1csc(NCc2cncnc2)n1.